The number of carbonyl (C=O) groups is 1. The summed E-state index contributed by atoms with van der Waals surface area (Å²) in [5.41, 5.74) is 2.34. The van der Waals surface area contributed by atoms with E-state index in [9.17, 15) is 18.0 Å². The van der Waals surface area contributed by atoms with E-state index in [2.05, 4.69) is 0 Å². The molecule has 1 aromatic rings. The van der Waals surface area contributed by atoms with Crippen LogP contribution in [0.2, 0.25) is 10.0 Å². The number of Topliss-reactive ketones (excluding diaryl/α,β-unsaturated/α-hetero) is 1. The number of rotatable bonds is 3. The Balaban J connectivity index is 2.99. The molecule has 0 amide bonds. The van der Waals surface area contributed by atoms with Gasteiger partial charge in [-0.25, -0.2) is 0 Å². The van der Waals surface area contributed by atoms with E-state index in [1.54, 1.807) is 0 Å². The zero-order valence-corrected chi connectivity index (χ0v) is 10.8. The van der Waals surface area contributed by atoms with Crippen LogP contribution in [0.25, 0.3) is 0 Å². The minimum Gasteiger partial charge on any atom is -0.312 e. The molecule has 0 aliphatic carbocycles. The molecule has 18 heavy (non-hydrogen) atoms. The van der Waals surface area contributed by atoms with Crippen LogP contribution >= 0.6 is 23.2 Å². The van der Waals surface area contributed by atoms with E-state index < -0.39 is 23.9 Å². The average Bonchev–Trinajstić information content (AvgIpc) is 2.23. The van der Waals surface area contributed by atoms with Gasteiger partial charge in [-0.05, 0) is 18.6 Å². The molecule has 100 valence electrons. The fraction of sp³-hybridized carbons (Fsp3) is 0.364. The largest absolute Gasteiger partial charge is 0.413 e. The number of benzene rings is 1. The standard InChI is InChI=1S/C11H10Cl2F3NO/c1-10(17,11(14,15)16)8(18)5-6-3-2-4-7(12)9(6)13/h2-4H,5,17H2,1H3. The molecule has 1 aromatic carbocycles. The van der Waals surface area contributed by atoms with Crippen molar-refractivity contribution in [1.82, 2.24) is 0 Å². The zero-order valence-electron chi connectivity index (χ0n) is 9.31. The van der Waals surface area contributed by atoms with Gasteiger partial charge < -0.3 is 5.73 Å². The van der Waals surface area contributed by atoms with Gasteiger partial charge in [-0.1, -0.05) is 35.3 Å². The van der Waals surface area contributed by atoms with Gasteiger partial charge in [0, 0.05) is 6.42 Å². The molecule has 1 unspecified atom stereocenters. The minimum atomic E-state index is -4.81. The van der Waals surface area contributed by atoms with Gasteiger partial charge in [0.2, 0.25) is 0 Å². The molecule has 2 nitrogen and oxygen atoms in total. The van der Waals surface area contributed by atoms with Crippen LogP contribution in [-0.4, -0.2) is 17.5 Å². The molecule has 0 saturated heterocycles. The molecule has 0 heterocycles. The van der Waals surface area contributed by atoms with E-state index in [-0.39, 0.29) is 15.6 Å². The summed E-state index contributed by atoms with van der Waals surface area (Å²) in [6, 6.07) is 4.40. The van der Waals surface area contributed by atoms with Crippen LogP contribution in [0, 0.1) is 0 Å². The van der Waals surface area contributed by atoms with Crippen molar-refractivity contribution in [2.75, 3.05) is 0 Å². The van der Waals surface area contributed by atoms with Gasteiger partial charge in [0.1, 0.15) is 0 Å². The average molecular weight is 300 g/mol. The van der Waals surface area contributed by atoms with E-state index in [0.29, 0.717) is 6.92 Å². The van der Waals surface area contributed by atoms with E-state index in [4.69, 9.17) is 28.9 Å². The van der Waals surface area contributed by atoms with Crippen molar-refractivity contribution in [2.24, 2.45) is 5.73 Å². The molecule has 0 radical (unpaired) electrons. The first-order valence-electron chi connectivity index (χ1n) is 4.89. The molecular formula is C11H10Cl2F3NO. The van der Waals surface area contributed by atoms with Gasteiger partial charge in [-0.3, -0.25) is 4.79 Å². The lowest BCUT2D eigenvalue weighted by Crippen LogP contribution is -2.57. The third-order valence-corrected chi connectivity index (χ3v) is 3.41. The van der Waals surface area contributed by atoms with Crippen molar-refractivity contribution in [2.45, 2.75) is 25.1 Å². The monoisotopic (exact) mass is 299 g/mol. The smallest absolute Gasteiger partial charge is 0.312 e. The second-order valence-corrected chi connectivity index (χ2v) is 4.80. The predicted octanol–water partition coefficient (Wildman–Crippen LogP) is 3.38. The van der Waals surface area contributed by atoms with Crippen LogP contribution in [0.15, 0.2) is 18.2 Å². The SMILES string of the molecule is CC(N)(C(=O)Cc1cccc(Cl)c1Cl)C(F)(F)F. The first kappa shape index (κ1) is 15.3. The van der Waals surface area contributed by atoms with Crippen LogP contribution in [0.3, 0.4) is 0 Å². The van der Waals surface area contributed by atoms with Crippen molar-refractivity contribution in [1.29, 1.82) is 0 Å². The fourth-order valence-electron chi connectivity index (χ4n) is 1.20. The Labute approximate surface area is 112 Å². The Morgan fingerprint density at radius 2 is 1.89 bits per heavy atom. The Hall–Kier alpha value is -0.780. The molecule has 0 aromatic heterocycles. The van der Waals surface area contributed by atoms with Gasteiger partial charge in [-0.15, -0.1) is 0 Å². The highest BCUT2D eigenvalue weighted by molar-refractivity contribution is 6.42. The summed E-state index contributed by atoms with van der Waals surface area (Å²) >= 11 is 11.5. The molecule has 2 N–H and O–H groups in total. The number of alkyl halides is 3. The number of hydrogen-bond donors (Lipinski definition) is 1. The molecular weight excluding hydrogens is 290 g/mol. The van der Waals surface area contributed by atoms with E-state index in [1.807, 2.05) is 0 Å². The summed E-state index contributed by atoms with van der Waals surface area (Å²) in [5.74, 6) is -1.17. The molecule has 1 rings (SSSR count). The maximum Gasteiger partial charge on any atom is 0.413 e. The van der Waals surface area contributed by atoms with Gasteiger partial charge in [0.15, 0.2) is 11.3 Å². The summed E-state index contributed by atoms with van der Waals surface area (Å²) in [6.07, 6.45) is -5.33. The van der Waals surface area contributed by atoms with Gasteiger partial charge in [-0.2, -0.15) is 13.2 Å². The number of ketones is 1. The van der Waals surface area contributed by atoms with Crippen LogP contribution in [0.5, 0.6) is 0 Å². The minimum absolute atomic E-state index is 0.0606. The maximum atomic E-state index is 12.6. The van der Waals surface area contributed by atoms with Gasteiger partial charge >= 0.3 is 6.18 Å². The lowest BCUT2D eigenvalue weighted by atomic mass is 9.92. The highest BCUT2D eigenvalue weighted by Crippen LogP contribution is 2.31. The second-order valence-electron chi connectivity index (χ2n) is 4.01. The molecule has 0 saturated carbocycles. The van der Waals surface area contributed by atoms with Crippen LogP contribution in [0.4, 0.5) is 13.2 Å². The van der Waals surface area contributed by atoms with Gasteiger partial charge in [0.25, 0.3) is 0 Å². The summed E-state index contributed by atoms with van der Waals surface area (Å²) in [6.45, 7) is 0.633. The van der Waals surface area contributed by atoms with Crippen molar-refractivity contribution in [3.8, 4) is 0 Å². The lowest BCUT2D eigenvalue weighted by Gasteiger charge is -2.26. The Morgan fingerprint density at radius 3 is 2.39 bits per heavy atom. The number of nitrogens with two attached hydrogens (primary N) is 1. The van der Waals surface area contributed by atoms with Crippen LogP contribution in [0.1, 0.15) is 12.5 Å². The highest BCUT2D eigenvalue weighted by Gasteiger charge is 2.53. The van der Waals surface area contributed by atoms with Crippen molar-refractivity contribution < 1.29 is 18.0 Å². The Morgan fingerprint density at radius 1 is 1.33 bits per heavy atom. The molecule has 0 aliphatic rings. The molecule has 0 aliphatic heterocycles. The third kappa shape index (κ3) is 2.96. The Kier molecular flexibility index (Phi) is 4.30. The first-order valence-corrected chi connectivity index (χ1v) is 5.64. The second kappa shape index (κ2) is 5.07. The van der Waals surface area contributed by atoms with E-state index >= 15 is 0 Å². The fourth-order valence-corrected chi connectivity index (χ4v) is 1.59. The van der Waals surface area contributed by atoms with Crippen LogP contribution in [-0.2, 0) is 11.2 Å². The summed E-state index contributed by atoms with van der Waals surface area (Å²) in [4.78, 5) is 11.6. The Bertz CT molecular complexity index is 472. The highest BCUT2D eigenvalue weighted by atomic mass is 35.5. The lowest BCUT2D eigenvalue weighted by molar-refractivity contribution is -0.185. The zero-order chi connectivity index (χ0) is 14.1. The normalized spacial score (nSPS) is 15.3. The number of hydrogen-bond acceptors (Lipinski definition) is 2. The van der Waals surface area contributed by atoms with E-state index in [1.165, 1.54) is 18.2 Å². The molecule has 0 bridgehead atoms. The van der Waals surface area contributed by atoms with Crippen molar-refractivity contribution in [3.05, 3.63) is 33.8 Å². The first-order chi connectivity index (χ1) is 8.07. The summed E-state index contributed by atoms with van der Waals surface area (Å²) < 4.78 is 37.7. The molecule has 1 atom stereocenters. The summed E-state index contributed by atoms with van der Waals surface area (Å²) in [5, 5.41) is 0.234. The molecule has 0 fully saturated rings. The van der Waals surface area contributed by atoms with E-state index in [0.717, 1.165) is 0 Å². The van der Waals surface area contributed by atoms with Crippen LogP contribution < -0.4 is 5.73 Å². The third-order valence-electron chi connectivity index (χ3n) is 2.55. The van der Waals surface area contributed by atoms with Gasteiger partial charge in [0.05, 0.1) is 10.0 Å². The predicted molar refractivity (Wildman–Crippen MR) is 63.8 cm³/mol. The number of halogens is 5. The van der Waals surface area contributed by atoms with Crippen molar-refractivity contribution >= 4 is 29.0 Å². The van der Waals surface area contributed by atoms with Crippen molar-refractivity contribution in [3.63, 3.8) is 0 Å². The maximum absolute atomic E-state index is 12.6. The summed E-state index contributed by atoms with van der Waals surface area (Å²) in [7, 11) is 0. The number of carbonyl (C=O) groups excluding carboxylic acids is 1. The molecule has 7 heteroatoms. The topological polar surface area (TPSA) is 43.1 Å². The molecule has 0 spiro atoms. The quantitative estimate of drug-likeness (QED) is 0.930.